The molecule has 2 aliphatic rings. The third-order valence-corrected chi connectivity index (χ3v) is 4.22. The van der Waals surface area contributed by atoms with Crippen molar-refractivity contribution >= 4 is 11.9 Å². The van der Waals surface area contributed by atoms with Crippen LogP contribution in [0, 0.1) is 5.41 Å². The van der Waals surface area contributed by atoms with Gasteiger partial charge < -0.3 is 9.88 Å². The Hall–Kier alpha value is -1.85. The number of urea groups is 1. The number of carbonyl (C=O) groups excluding carboxylic acids is 2. The largest absolute Gasteiger partial charge is 0.337 e. The minimum atomic E-state index is -0.331. The molecule has 0 aromatic carbocycles. The van der Waals surface area contributed by atoms with Crippen LogP contribution in [0.3, 0.4) is 0 Å². The van der Waals surface area contributed by atoms with Crippen LogP contribution in [0.5, 0.6) is 0 Å². The first-order valence-corrected chi connectivity index (χ1v) is 6.77. The first kappa shape index (κ1) is 12.2. The molecule has 0 bridgehead atoms. The number of imide groups is 1. The van der Waals surface area contributed by atoms with E-state index in [1.165, 1.54) is 4.90 Å². The van der Waals surface area contributed by atoms with E-state index in [9.17, 15) is 9.59 Å². The van der Waals surface area contributed by atoms with E-state index in [2.05, 4.69) is 10.3 Å². The highest BCUT2D eigenvalue weighted by molar-refractivity contribution is 6.00. The fraction of sp³-hybridized carbons (Fsp3) is 0.615. The molecule has 102 valence electrons. The molecule has 2 heterocycles. The number of hydrogen-bond donors (Lipinski definition) is 1. The van der Waals surface area contributed by atoms with E-state index >= 15 is 0 Å². The van der Waals surface area contributed by atoms with E-state index in [1.807, 2.05) is 10.8 Å². The second-order valence-corrected chi connectivity index (χ2v) is 5.40. The summed E-state index contributed by atoms with van der Waals surface area (Å²) in [7, 11) is 0. The van der Waals surface area contributed by atoms with Gasteiger partial charge in [0.15, 0.2) is 0 Å². The lowest BCUT2D eigenvalue weighted by Gasteiger charge is -2.38. The van der Waals surface area contributed by atoms with Crippen molar-refractivity contribution in [3.05, 3.63) is 18.7 Å². The Balaban J connectivity index is 1.71. The zero-order chi connectivity index (χ0) is 13.3. The van der Waals surface area contributed by atoms with Crippen LogP contribution < -0.4 is 5.32 Å². The highest BCUT2D eigenvalue weighted by atomic mass is 16.2. The normalized spacial score (nSPS) is 22.0. The maximum absolute atomic E-state index is 12.6. The summed E-state index contributed by atoms with van der Waals surface area (Å²) in [6.07, 6.45) is 9.17. The third-order valence-electron chi connectivity index (χ3n) is 4.22. The molecule has 1 aromatic rings. The van der Waals surface area contributed by atoms with Crippen molar-refractivity contribution in [3.63, 3.8) is 0 Å². The van der Waals surface area contributed by atoms with E-state index in [0.717, 1.165) is 25.7 Å². The Bertz CT molecular complexity index is 477. The second kappa shape index (κ2) is 4.68. The van der Waals surface area contributed by atoms with Gasteiger partial charge in [-0.15, -0.1) is 0 Å². The van der Waals surface area contributed by atoms with E-state index in [4.69, 9.17) is 0 Å². The van der Waals surface area contributed by atoms with Crippen LogP contribution in [0.15, 0.2) is 18.7 Å². The molecular formula is C13H18N4O2. The van der Waals surface area contributed by atoms with Crippen molar-refractivity contribution in [1.29, 1.82) is 0 Å². The molecule has 1 saturated heterocycles. The molecule has 1 N–H and O–H groups in total. The Kier molecular flexibility index (Phi) is 3.00. The number of nitrogens with one attached hydrogen (secondary N) is 1. The average Bonchev–Trinajstić information content (AvgIpc) is 3.07. The van der Waals surface area contributed by atoms with Crippen LogP contribution >= 0.6 is 0 Å². The van der Waals surface area contributed by atoms with E-state index in [0.29, 0.717) is 19.6 Å². The number of amides is 3. The molecule has 1 aliphatic heterocycles. The van der Waals surface area contributed by atoms with Crippen molar-refractivity contribution < 1.29 is 9.59 Å². The van der Waals surface area contributed by atoms with Crippen LogP contribution in [0.2, 0.25) is 0 Å². The molecular weight excluding hydrogens is 244 g/mol. The lowest BCUT2D eigenvalue weighted by atomic mass is 9.83. The van der Waals surface area contributed by atoms with E-state index < -0.39 is 0 Å². The molecule has 1 aromatic heterocycles. The van der Waals surface area contributed by atoms with Gasteiger partial charge in [0.05, 0.1) is 11.7 Å². The van der Waals surface area contributed by atoms with Crippen LogP contribution in [0.4, 0.5) is 4.79 Å². The fourth-order valence-electron chi connectivity index (χ4n) is 3.07. The Morgan fingerprint density at radius 1 is 1.26 bits per heavy atom. The maximum atomic E-state index is 12.6. The summed E-state index contributed by atoms with van der Waals surface area (Å²) in [4.78, 5) is 29.8. The Labute approximate surface area is 111 Å². The maximum Gasteiger partial charge on any atom is 0.324 e. The van der Waals surface area contributed by atoms with Crippen LogP contribution in [0.25, 0.3) is 0 Å². The van der Waals surface area contributed by atoms with Gasteiger partial charge in [0, 0.05) is 32.0 Å². The topological polar surface area (TPSA) is 67.2 Å². The van der Waals surface area contributed by atoms with Gasteiger partial charge in [-0.1, -0.05) is 12.8 Å². The number of hydrogen-bond acceptors (Lipinski definition) is 3. The predicted octanol–water partition coefficient (Wildman–Crippen LogP) is 0.995. The van der Waals surface area contributed by atoms with Gasteiger partial charge >= 0.3 is 6.03 Å². The van der Waals surface area contributed by atoms with Gasteiger partial charge in [-0.3, -0.25) is 9.69 Å². The number of imidazole rings is 1. The van der Waals surface area contributed by atoms with Crippen molar-refractivity contribution in [3.8, 4) is 0 Å². The zero-order valence-corrected chi connectivity index (χ0v) is 10.8. The summed E-state index contributed by atoms with van der Waals surface area (Å²) in [5.74, 6) is 0.00821. The van der Waals surface area contributed by atoms with Crippen LogP contribution in [-0.2, 0) is 11.3 Å². The van der Waals surface area contributed by atoms with E-state index in [1.54, 1.807) is 12.5 Å². The molecule has 6 nitrogen and oxygen atoms in total. The lowest BCUT2D eigenvalue weighted by Crippen LogP contribution is -2.60. The first-order chi connectivity index (χ1) is 9.21. The van der Waals surface area contributed by atoms with Gasteiger partial charge in [0.1, 0.15) is 0 Å². The van der Waals surface area contributed by atoms with Gasteiger partial charge in [-0.05, 0) is 12.8 Å². The standard InChI is InChI=1S/C13H18N4O2/c18-11-13(3-1-2-4-13)9-15-12(19)17(11)8-7-16-6-5-14-10-16/h5-6,10H,1-4,7-9H2,(H,15,19). The minimum Gasteiger partial charge on any atom is -0.337 e. The number of carbonyl (C=O) groups is 2. The third kappa shape index (κ3) is 2.11. The molecule has 1 aliphatic carbocycles. The monoisotopic (exact) mass is 262 g/mol. The highest BCUT2D eigenvalue weighted by Crippen LogP contribution is 2.40. The number of nitrogens with zero attached hydrogens (tertiary/aromatic N) is 3. The number of aromatic nitrogens is 2. The van der Waals surface area contributed by atoms with Gasteiger partial charge in [0.25, 0.3) is 0 Å². The first-order valence-electron chi connectivity index (χ1n) is 6.77. The second-order valence-electron chi connectivity index (χ2n) is 5.40. The number of rotatable bonds is 3. The summed E-state index contributed by atoms with van der Waals surface area (Å²) in [6, 6.07) is -0.261. The predicted molar refractivity (Wildman–Crippen MR) is 68.2 cm³/mol. The smallest absolute Gasteiger partial charge is 0.324 e. The quantitative estimate of drug-likeness (QED) is 0.883. The Morgan fingerprint density at radius 3 is 2.74 bits per heavy atom. The van der Waals surface area contributed by atoms with Gasteiger partial charge in [-0.2, -0.15) is 0 Å². The molecule has 19 heavy (non-hydrogen) atoms. The molecule has 6 heteroatoms. The molecule has 0 radical (unpaired) electrons. The van der Waals surface area contributed by atoms with Crippen molar-refractivity contribution in [2.45, 2.75) is 32.2 Å². The van der Waals surface area contributed by atoms with Crippen molar-refractivity contribution in [2.24, 2.45) is 5.41 Å². The molecule has 1 spiro atoms. The van der Waals surface area contributed by atoms with Gasteiger partial charge in [-0.25, -0.2) is 9.78 Å². The summed E-state index contributed by atoms with van der Waals surface area (Å²) < 4.78 is 1.87. The van der Waals surface area contributed by atoms with Crippen molar-refractivity contribution in [2.75, 3.05) is 13.1 Å². The summed E-state index contributed by atoms with van der Waals surface area (Å²) >= 11 is 0. The molecule has 2 fully saturated rings. The van der Waals surface area contributed by atoms with E-state index in [-0.39, 0.29) is 17.4 Å². The highest BCUT2D eigenvalue weighted by Gasteiger charge is 2.48. The Morgan fingerprint density at radius 2 is 2.05 bits per heavy atom. The summed E-state index contributed by atoms with van der Waals surface area (Å²) in [5.41, 5.74) is -0.331. The summed E-state index contributed by atoms with van der Waals surface area (Å²) in [5, 5.41) is 2.87. The van der Waals surface area contributed by atoms with Crippen molar-refractivity contribution in [1.82, 2.24) is 19.8 Å². The van der Waals surface area contributed by atoms with Gasteiger partial charge in [0.2, 0.25) is 5.91 Å². The molecule has 0 atom stereocenters. The SMILES string of the molecule is O=C1NCC2(CCCC2)C(=O)N1CCn1ccnc1. The zero-order valence-electron chi connectivity index (χ0n) is 10.8. The average molecular weight is 262 g/mol. The lowest BCUT2D eigenvalue weighted by molar-refractivity contribution is -0.140. The molecule has 3 amide bonds. The molecule has 0 unspecified atom stereocenters. The fourth-order valence-corrected chi connectivity index (χ4v) is 3.07. The van der Waals surface area contributed by atoms with Crippen LogP contribution in [0.1, 0.15) is 25.7 Å². The summed E-state index contributed by atoms with van der Waals surface area (Å²) in [6.45, 7) is 1.50. The van der Waals surface area contributed by atoms with Crippen LogP contribution in [-0.4, -0.2) is 39.5 Å². The molecule has 3 rings (SSSR count). The minimum absolute atomic E-state index is 0.00821. The molecule has 1 saturated carbocycles.